The molecule has 0 saturated carbocycles. The Balaban J connectivity index is 1.75. The Kier molecular flexibility index (Phi) is 8.04. The van der Waals surface area contributed by atoms with Crippen molar-refractivity contribution in [2.75, 3.05) is 18.5 Å². The molecule has 0 aliphatic carbocycles. The van der Waals surface area contributed by atoms with E-state index in [1.165, 1.54) is 0 Å². The Morgan fingerprint density at radius 2 is 1.69 bits per heavy atom. The van der Waals surface area contributed by atoms with Gasteiger partial charge in [0.15, 0.2) is 11.5 Å². The zero-order chi connectivity index (χ0) is 23.3. The molecule has 0 spiro atoms. The van der Waals surface area contributed by atoms with Gasteiger partial charge in [0.05, 0.1) is 43.3 Å². The van der Waals surface area contributed by atoms with Crippen LogP contribution >= 0.6 is 23.2 Å². The molecule has 1 heterocycles. The number of nitrogens with one attached hydrogen (secondary N) is 1. The highest BCUT2D eigenvalue weighted by molar-refractivity contribution is 6.35. The topological polar surface area (TPSA) is 65.4 Å². The molecular weight excluding hydrogens is 449 g/mol. The lowest BCUT2D eigenvalue weighted by Gasteiger charge is -2.13. The normalized spacial score (nSPS) is 10.8. The van der Waals surface area contributed by atoms with Gasteiger partial charge in [-0.2, -0.15) is 5.10 Å². The Labute approximate surface area is 198 Å². The van der Waals surface area contributed by atoms with Crippen LogP contribution in [-0.2, 0) is 17.8 Å². The summed E-state index contributed by atoms with van der Waals surface area (Å²) in [7, 11) is 0. The lowest BCUT2D eigenvalue weighted by molar-refractivity contribution is -0.115. The Hall–Kier alpha value is -2.70. The highest BCUT2D eigenvalue weighted by Crippen LogP contribution is 2.30. The molecule has 0 radical (unpaired) electrons. The van der Waals surface area contributed by atoms with Crippen LogP contribution in [0, 0.1) is 13.8 Å². The van der Waals surface area contributed by atoms with E-state index in [9.17, 15) is 4.79 Å². The maximum atomic E-state index is 12.8. The average Bonchev–Trinajstić information content (AvgIpc) is 3.00. The molecule has 0 saturated heterocycles. The molecule has 0 atom stereocenters. The van der Waals surface area contributed by atoms with Crippen LogP contribution in [0.2, 0.25) is 10.0 Å². The standard InChI is InChI=1S/C24H27Cl2N3O3/c1-5-31-21-11-10-17(12-22(21)32-6-2)13-23(30)27-24-15(3)28-29(16(24)4)14-18-19(25)8-7-9-20(18)26/h7-12H,5-6,13-14H2,1-4H3,(H,27,30). The number of amides is 1. The van der Waals surface area contributed by atoms with Crippen LogP contribution in [0.5, 0.6) is 11.5 Å². The fourth-order valence-electron chi connectivity index (χ4n) is 3.44. The number of benzene rings is 2. The van der Waals surface area contributed by atoms with E-state index < -0.39 is 0 Å². The Morgan fingerprint density at radius 1 is 1.03 bits per heavy atom. The molecule has 1 aromatic heterocycles. The number of hydrogen-bond donors (Lipinski definition) is 1. The van der Waals surface area contributed by atoms with Crippen LogP contribution in [0.3, 0.4) is 0 Å². The maximum Gasteiger partial charge on any atom is 0.228 e. The third kappa shape index (κ3) is 5.56. The van der Waals surface area contributed by atoms with Crippen molar-refractivity contribution in [3.05, 3.63) is 69.0 Å². The lowest BCUT2D eigenvalue weighted by atomic mass is 10.1. The number of nitrogens with zero attached hydrogens (tertiary/aromatic N) is 2. The van der Waals surface area contributed by atoms with Gasteiger partial charge in [-0.15, -0.1) is 0 Å². The summed E-state index contributed by atoms with van der Waals surface area (Å²) in [6.07, 6.45) is 0.201. The van der Waals surface area contributed by atoms with Crippen molar-refractivity contribution >= 4 is 34.8 Å². The van der Waals surface area contributed by atoms with Crippen molar-refractivity contribution in [3.8, 4) is 11.5 Å². The molecule has 0 aliphatic heterocycles. The summed E-state index contributed by atoms with van der Waals surface area (Å²) in [5.41, 5.74) is 3.86. The van der Waals surface area contributed by atoms with Crippen molar-refractivity contribution in [2.24, 2.45) is 0 Å². The molecule has 32 heavy (non-hydrogen) atoms. The summed E-state index contributed by atoms with van der Waals surface area (Å²) in [5, 5.41) is 8.72. The predicted molar refractivity (Wildman–Crippen MR) is 128 cm³/mol. The van der Waals surface area contributed by atoms with Crippen LogP contribution < -0.4 is 14.8 Å². The van der Waals surface area contributed by atoms with Crippen LogP contribution in [0.1, 0.15) is 36.4 Å². The lowest BCUT2D eigenvalue weighted by Crippen LogP contribution is -2.16. The van der Waals surface area contributed by atoms with Gasteiger partial charge in [0, 0.05) is 15.6 Å². The quantitative estimate of drug-likeness (QED) is 0.422. The van der Waals surface area contributed by atoms with E-state index >= 15 is 0 Å². The number of halogens is 2. The minimum absolute atomic E-state index is 0.141. The minimum Gasteiger partial charge on any atom is -0.490 e. The predicted octanol–water partition coefficient (Wildman–Crippen LogP) is 5.83. The highest BCUT2D eigenvalue weighted by Gasteiger charge is 2.17. The SMILES string of the molecule is CCOc1ccc(CC(=O)Nc2c(C)nn(Cc3c(Cl)cccc3Cl)c2C)cc1OCC. The number of carbonyl (C=O) groups is 1. The molecule has 3 aromatic rings. The van der Waals surface area contributed by atoms with Gasteiger partial charge in [-0.05, 0) is 57.5 Å². The second-order valence-corrected chi connectivity index (χ2v) is 8.09. The monoisotopic (exact) mass is 475 g/mol. The number of carbonyl (C=O) groups excluding carboxylic acids is 1. The van der Waals surface area contributed by atoms with Crippen molar-refractivity contribution < 1.29 is 14.3 Å². The molecule has 3 rings (SSSR count). The molecule has 0 fully saturated rings. The highest BCUT2D eigenvalue weighted by atomic mass is 35.5. The van der Waals surface area contributed by atoms with E-state index in [0.29, 0.717) is 47.0 Å². The number of hydrogen-bond acceptors (Lipinski definition) is 4. The van der Waals surface area contributed by atoms with Crippen LogP contribution in [0.15, 0.2) is 36.4 Å². The fourth-order valence-corrected chi connectivity index (χ4v) is 3.96. The second-order valence-electron chi connectivity index (χ2n) is 7.28. The van der Waals surface area contributed by atoms with Gasteiger partial charge in [-0.3, -0.25) is 9.48 Å². The summed E-state index contributed by atoms with van der Waals surface area (Å²) >= 11 is 12.6. The van der Waals surface area contributed by atoms with E-state index in [1.54, 1.807) is 22.9 Å². The van der Waals surface area contributed by atoms with Gasteiger partial charge >= 0.3 is 0 Å². The van der Waals surface area contributed by atoms with E-state index in [2.05, 4.69) is 10.4 Å². The van der Waals surface area contributed by atoms with Gasteiger partial charge in [0.1, 0.15) is 0 Å². The summed E-state index contributed by atoms with van der Waals surface area (Å²) in [6, 6.07) is 10.9. The van der Waals surface area contributed by atoms with Crippen molar-refractivity contribution in [1.82, 2.24) is 9.78 Å². The second kappa shape index (κ2) is 10.7. The molecule has 170 valence electrons. The molecule has 2 aromatic carbocycles. The molecule has 8 heteroatoms. The first-order valence-electron chi connectivity index (χ1n) is 10.5. The molecule has 0 unspecified atom stereocenters. The first-order valence-corrected chi connectivity index (χ1v) is 11.2. The van der Waals surface area contributed by atoms with Gasteiger partial charge < -0.3 is 14.8 Å². The first kappa shape index (κ1) is 24.0. The number of aryl methyl sites for hydroxylation is 1. The summed E-state index contributed by atoms with van der Waals surface area (Å²) in [5.74, 6) is 1.17. The maximum absolute atomic E-state index is 12.8. The summed E-state index contributed by atoms with van der Waals surface area (Å²) in [4.78, 5) is 12.8. The van der Waals surface area contributed by atoms with Gasteiger partial charge in [0.2, 0.25) is 5.91 Å². The van der Waals surface area contributed by atoms with Crippen LogP contribution in [0.4, 0.5) is 5.69 Å². The molecule has 0 bridgehead atoms. The van der Waals surface area contributed by atoms with E-state index in [-0.39, 0.29) is 12.3 Å². The van der Waals surface area contributed by atoms with Crippen molar-refractivity contribution in [3.63, 3.8) is 0 Å². The Morgan fingerprint density at radius 3 is 2.34 bits per heavy atom. The third-order valence-corrected chi connectivity index (χ3v) is 5.70. The number of rotatable bonds is 9. The minimum atomic E-state index is -0.141. The number of ether oxygens (including phenoxy) is 2. The third-order valence-electron chi connectivity index (χ3n) is 4.99. The Bertz CT molecular complexity index is 1090. The van der Waals surface area contributed by atoms with Gasteiger partial charge in [-0.25, -0.2) is 0 Å². The van der Waals surface area contributed by atoms with E-state index in [4.69, 9.17) is 32.7 Å². The first-order chi connectivity index (χ1) is 15.3. The average molecular weight is 476 g/mol. The molecule has 6 nitrogen and oxygen atoms in total. The van der Waals surface area contributed by atoms with Gasteiger partial charge in [-0.1, -0.05) is 35.3 Å². The van der Waals surface area contributed by atoms with Crippen molar-refractivity contribution in [1.29, 1.82) is 0 Å². The van der Waals surface area contributed by atoms with Crippen LogP contribution in [0.25, 0.3) is 0 Å². The van der Waals surface area contributed by atoms with E-state index in [0.717, 1.165) is 22.5 Å². The molecule has 1 amide bonds. The number of aromatic nitrogens is 2. The fraction of sp³-hybridized carbons (Fsp3) is 0.333. The summed E-state index contributed by atoms with van der Waals surface area (Å²) < 4.78 is 13.0. The smallest absolute Gasteiger partial charge is 0.228 e. The molecule has 0 aliphatic rings. The van der Waals surface area contributed by atoms with Crippen molar-refractivity contribution in [2.45, 2.75) is 40.7 Å². The number of anilines is 1. The largest absolute Gasteiger partial charge is 0.490 e. The zero-order valence-corrected chi connectivity index (χ0v) is 20.2. The zero-order valence-electron chi connectivity index (χ0n) is 18.7. The van der Waals surface area contributed by atoms with Gasteiger partial charge in [0.25, 0.3) is 0 Å². The molecular formula is C24H27Cl2N3O3. The van der Waals surface area contributed by atoms with E-state index in [1.807, 2.05) is 45.9 Å². The molecule has 1 N–H and O–H groups in total. The van der Waals surface area contributed by atoms with Crippen LogP contribution in [-0.4, -0.2) is 28.9 Å². The summed E-state index contributed by atoms with van der Waals surface area (Å²) in [6.45, 7) is 9.07.